The molecule has 126 valence electrons. The number of fused-ring (bicyclic) bond motifs is 1. The lowest BCUT2D eigenvalue weighted by molar-refractivity contribution is 0.185. The third kappa shape index (κ3) is 3.88. The molecule has 0 radical (unpaired) electrons. The Kier molecular flexibility index (Phi) is 5.37. The number of rotatable bonds is 4. The number of amides is 2. The highest BCUT2D eigenvalue weighted by molar-refractivity contribution is 7.99. The number of methoxy groups -OCH3 is 1. The van der Waals surface area contributed by atoms with Crippen molar-refractivity contribution < 1.29 is 13.9 Å². The number of urea groups is 1. The standard InChI is InChI=1S/C18H19FN2O2S/c1-23-11-12-4-2-5-13(10-12)20-18(22)21-16-8-9-24-17-14(16)6-3-7-15(17)19/h2-7,10,16H,8-9,11H2,1H3,(H2,20,21,22). The van der Waals surface area contributed by atoms with Crippen molar-refractivity contribution in [2.45, 2.75) is 24.0 Å². The van der Waals surface area contributed by atoms with Crippen LogP contribution in [-0.2, 0) is 11.3 Å². The molecule has 0 saturated heterocycles. The van der Waals surface area contributed by atoms with Crippen molar-refractivity contribution in [2.24, 2.45) is 0 Å². The lowest BCUT2D eigenvalue weighted by Crippen LogP contribution is -2.34. The molecule has 2 aromatic rings. The minimum absolute atomic E-state index is 0.181. The van der Waals surface area contributed by atoms with E-state index in [9.17, 15) is 9.18 Å². The van der Waals surface area contributed by atoms with Gasteiger partial charge in [0.1, 0.15) is 5.82 Å². The van der Waals surface area contributed by atoms with Gasteiger partial charge >= 0.3 is 6.03 Å². The van der Waals surface area contributed by atoms with Crippen molar-refractivity contribution in [2.75, 3.05) is 18.2 Å². The van der Waals surface area contributed by atoms with Gasteiger partial charge in [0, 0.05) is 23.4 Å². The maximum absolute atomic E-state index is 13.9. The molecule has 2 amide bonds. The monoisotopic (exact) mass is 346 g/mol. The van der Waals surface area contributed by atoms with E-state index in [4.69, 9.17) is 4.74 Å². The Morgan fingerprint density at radius 3 is 3.00 bits per heavy atom. The summed E-state index contributed by atoms with van der Waals surface area (Å²) in [6, 6.07) is 12.0. The molecule has 1 aliphatic rings. The van der Waals surface area contributed by atoms with Gasteiger partial charge in [0.05, 0.1) is 12.6 Å². The van der Waals surface area contributed by atoms with Crippen molar-refractivity contribution in [1.29, 1.82) is 0 Å². The zero-order valence-electron chi connectivity index (χ0n) is 13.3. The number of halogens is 1. The number of thioether (sulfide) groups is 1. The quantitative estimate of drug-likeness (QED) is 0.866. The summed E-state index contributed by atoms with van der Waals surface area (Å²) in [7, 11) is 1.63. The molecule has 1 aliphatic heterocycles. The van der Waals surface area contributed by atoms with Crippen LogP contribution in [0.4, 0.5) is 14.9 Å². The van der Waals surface area contributed by atoms with E-state index < -0.39 is 0 Å². The molecule has 6 heteroatoms. The molecule has 0 spiro atoms. The number of hydrogen-bond donors (Lipinski definition) is 2. The Labute approximate surface area is 144 Å². The van der Waals surface area contributed by atoms with E-state index in [1.54, 1.807) is 13.2 Å². The Bertz CT molecular complexity index is 739. The average molecular weight is 346 g/mol. The summed E-state index contributed by atoms with van der Waals surface area (Å²) in [6.07, 6.45) is 0.776. The number of carbonyl (C=O) groups excluding carboxylic acids is 1. The molecule has 1 heterocycles. The minimum atomic E-state index is -0.295. The lowest BCUT2D eigenvalue weighted by Gasteiger charge is -2.26. The summed E-state index contributed by atoms with van der Waals surface area (Å²) in [4.78, 5) is 12.9. The molecule has 0 saturated carbocycles. The van der Waals surface area contributed by atoms with Gasteiger partial charge in [-0.05, 0) is 35.7 Å². The summed E-state index contributed by atoms with van der Waals surface area (Å²) in [5, 5.41) is 5.77. The van der Waals surface area contributed by atoms with Gasteiger partial charge in [-0.15, -0.1) is 11.8 Å². The number of ether oxygens (including phenoxy) is 1. The first kappa shape index (κ1) is 16.8. The van der Waals surface area contributed by atoms with E-state index in [2.05, 4.69) is 10.6 Å². The fourth-order valence-electron chi connectivity index (χ4n) is 2.77. The van der Waals surface area contributed by atoms with Crippen molar-refractivity contribution in [3.05, 3.63) is 59.4 Å². The fourth-order valence-corrected chi connectivity index (χ4v) is 3.91. The number of anilines is 1. The van der Waals surface area contributed by atoms with Gasteiger partial charge in [-0.25, -0.2) is 9.18 Å². The Morgan fingerprint density at radius 2 is 2.17 bits per heavy atom. The zero-order valence-corrected chi connectivity index (χ0v) is 14.2. The van der Waals surface area contributed by atoms with Crippen molar-refractivity contribution in [3.63, 3.8) is 0 Å². The maximum atomic E-state index is 13.9. The van der Waals surface area contributed by atoms with Crippen LogP contribution in [0.2, 0.25) is 0 Å². The van der Waals surface area contributed by atoms with Crippen molar-refractivity contribution in [3.8, 4) is 0 Å². The molecule has 1 unspecified atom stereocenters. The molecule has 0 aliphatic carbocycles. The van der Waals surface area contributed by atoms with Crippen LogP contribution in [0.5, 0.6) is 0 Å². The molecule has 24 heavy (non-hydrogen) atoms. The van der Waals surface area contributed by atoms with E-state index in [-0.39, 0.29) is 17.9 Å². The highest BCUT2D eigenvalue weighted by atomic mass is 32.2. The van der Waals surface area contributed by atoms with Gasteiger partial charge in [-0.1, -0.05) is 24.3 Å². The second-order valence-electron chi connectivity index (χ2n) is 5.58. The van der Waals surface area contributed by atoms with E-state index in [1.165, 1.54) is 17.8 Å². The molecule has 3 rings (SSSR count). The van der Waals surface area contributed by atoms with Gasteiger partial charge in [0.15, 0.2) is 0 Å². The minimum Gasteiger partial charge on any atom is -0.380 e. The third-order valence-electron chi connectivity index (χ3n) is 3.83. The van der Waals surface area contributed by atoms with E-state index in [1.807, 2.05) is 30.3 Å². The summed E-state index contributed by atoms with van der Waals surface area (Å²) < 4.78 is 19.0. The van der Waals surface area contributed by atoms with E-state index in [0.29, 0.717) is 17.2 Å². The topological polar surface area (TPSA) is 50.4 Å². The van der Waals surface area contributed by atoms with Gasteiger partial charge in [0.2, 0.25) is 0 Å². The molecule has 0 aromatic heterocycles. The Balaban J connectivity index is 1.68. The lowest BCUT2D eigenvalue weighted by atomic mass is 10.0. The molecule has 0 fully saturated rings. The van der Waals surface area contributed by atoms with Crippen LogP contribution in [0.1, 0.15) is 23.6 Å². The SMILES string of the molecule is COCc1cccc(NC(=O)NC2CCSc3c(F)cccc32)c1. The molecule has 2 aromatic carbocycles. The van der Waals surface area contributed by atoms with Crippen LogP contribution < -0.4 is 10.6 Å². The number of nitrogens with one attached hydrogen (secondary N) is 2. The summed E-state index contributed by atoms with van der Waals surface area (Å²) >= 11 is 1.50. The molecule has 2 N–H and O–H groups in total. The maximum Gasteiger partial charge on any atom is 0.319 e. The van der Waals surface area contributed by atoms with Crippen LogP contribution in [0.15, 0.2) is 47.4 Å². The number of carbonyl (C=O) groups is 1. The highest BCUT2D eigenvalue weighted by Gasteiger charge is 2.24. The zero-order chi connectivity index (χ0) is 16.9. The van der Waals surface area contributed by atoms with Crippen LogP contribution in [0.3, 0.4) is 0 Å². The Morgan fingerprint density at radius 1 is 1.33 bits per heavy atom. The van der Waals surface area contributed by atoms with Gasteiger partial charge in [0.25, 0.3) is 0 Å². The molecule has 4 nitrogen and oxygen atoms in total. The number of hydrogen-bond acceptors (Lipinski definition) is 3. The fraction of sp³-hybridized carbons (Fsp3) is 0.278. The van der Waals surface area contributed by atoms with E-state index in [0.717, 1.165) is 23.3 Å². The summed E-state index contributed by atoms with van der Waals surface area (Å²) in [5.41, 5.74) is 2.53. The molecular formula is C18H19FN2O2S. The van der Waals surface area contributed by atoms with Crippen LogP contribution in [-0.4, -0.2) is 18.9 Å². The van der Waals surface area contributed by atoms with Crippen LogP contribution in [0.25, 0.3) is 0 Å². The third-order valence-corrected chi connectivity index (χ3v) is 4.99. The smallest absolute Gasteiger partial charge is 0.319 e. The molecule has 0 bridgehead atoms. The first-order valence-corrected chi connectivity index (χ1v) is 8.72. The predicted octanol–water partition coefficient (Wildman–Crippen LogP) is 4.33. The van der Waals surface area contributed by atoms with Crippen molar-refractivity contribution >= 4 is 23.5 Å². The Hall–Kier alpha value is -2.05. The van der Waals surface area contributed by atoms with Gasteiger partial charge in [-0.3, -0.25) is 0 Å². The van der Waals surface area contributed by atoms with Crippen LogP contribution in [0, 0.1) is 5.82 Å². The van der Waals surface area contributed by atoms with Gasteiger partial charge < -0.3 is 15.4 Å². The summed E-state index contributed by atoms with van der Waals surface area (Å²) in [6.45, 7) is 0.490. The highest BCUT2D eigenvalue weighted by Crippen LogP contribution is 2.37. The first-order valence-electron chi connectivity index (χ1n) is 7.74. The molecule has 1 atom stereocenters. The first-order chi connectivity index (χ1) is 11.7. The normalized spacial score (nSPS) is 16.3. The molecular weight excluding hydrogens is 327 g/mol. The average Bonchev–Trinajstić information content (AvgIpc) is 2.56. The summed E-state index contributed by atoms with van der Waals surface area (Å²) in [5.74, 6) is 0.555. The van der Waals surface area contributed by atoms with Crippen molar-refractivity contribution in [1.82, 2.24) is 5.32 Å². The largest absolute Gasteiger partial charge is 0.380 e. The van der Waals surface area contributed by atoms with E-state index >= 15 is 0 Å². The second kappa shape index (κ2) is 7.68. The number of benzene rings is 2. The van der Waals surface area contributed by atoms with Gasteiger partial charge in [-0.2, -0.15) is 0 Å². The van der Waals surface area contributed by atoms with Crippen LogP contribution >= 0.6 is 11.8 Å². The second-order valence-corrected chi connectivity index (χ2v) is 6.68. The predicted molar refractivity (Wildman–Crippen MR) is 93.8 cm³/mol.